The smallest absolute Gasteiger partial charge is 0.342 e. The van der Waals surface area contributed by atoms with Gasteiger partial charge in [-0.05, 0) is 60.9 Å². The number of imidazole rings is 1. The van der Waals surface area contributed by atoms with E-state index in [0.29, 0.717) is 46.5 Å². The number of ether oxygens (including phenoxy) is 2. The molecule has 13 heteroatoms. The number of fused-ring (bicyclic) bond motifs is 2. The van der Waals surface area contributed by atoms with Crippen LogP contribution in [0.1, 0.15) is 29.9 Å². The van der Waals surface area contributed by atoms with Crippen LogP contribution in [0.4, 0.5) is 14.9 Å². The van der Waals surface area contributed by atoms with Crippen molar-refractivity contribution in [1.82, 2.24) is 24.8 Å². The van der Waals surface area contributed by atoms with Gasteiger partial charge in [-0.1, -0.05) is 42.0 Å². The van der Waals surface area contributed by atoms with Gasteiger partial charge >= 0.3 is 6.03 Å². The number of carbonyl (C=O) groups excluding carboxylic acids is 2. The Kier molecular flexibility index (Phi) is 8.73. The van der Waals surface area contributed by atoms with Gasteiger partial charge < -0.3 is 24.7 Å². The fourth-order valence-electron chi connectivity index (χ4n) is 6.41. The molecule has 2 atom stereocenters. The van der Waals surface area contributed by atoms with E-state index < -0.39 is 11.8 Å². The Labute approximate surface area is 292 Å². The second-order valence-corrected chi connectivity index (χ2v) is 13.0. The minimum absolute atomic E-state index is 0.0556. The van der Waals surface area contributed by atoms with Crippen molar-refractivity contribution in [3.8, 4) is 5.88 Å². The summed E-state index contributed by atoms with van der Waals surface area (Å²) in [5, 5.41) is 6.02. The summed E-state index contributed by atoms with van der Waals surface area (Å²) < 4.78 is 28.0. The molecule has 1 saturated heterocycles. The molecule has 2 aromatic carbocycles. The zero-order valence-electron chi connectivity index (χ0n) is 26.9. The molecule has 2 N–H and O–H groups in total. The lowest BCUT2D eigenvalue weighted by molar-refractivity contribution is -0.112. The SMILES string of the molecule is O=C1N=C2C=C(C(=O)Nc3ccc4c(c3)nc(CN3CC=C(c5cccc(OCc6ccc(Cl)cc6F)n5)CC3)n4C[C@@H]3CCO3)C=CC2N1. The zero-order chi connectivity index (χ0) is 34.2. The standard InChI is InChI=1S/C37H33ClFN7O4/c38-25-6-4-24(28(39)17-25)21-50-35-3-1-2-29(42-35)22-10-13-45(14-11-22)20-34-41-32-18-26(7-9-33(32)46(34)19-27-12-15-49-27)40-36(47)23-5-8-30-31(16-23)44-37(48)43-30/h1-10,16-18,27,30H,11-15,19-21H2,(H,40,47)(H,43,48)/t27-,30?/m0/s1. The molecule has 0 bridgehead atoms. The molecular weight excluding hydrogens is 661 g/mol. The molecule has 1 fully saturated rings. The third-order valence-corrected chi connectivity index (χ3v) is 9.46. The number of urea groups is 1. The maximum Gasteiger partial charge on any atom is 0.342 e. The summed E-state index contributed by atoms with van der Waals surface area (Å²) >= 11 is 5.87. The second-order valence-electron chi connectivity index (χ2n) is 12.6. The van der Waals surface area contributed by atoms with Gasteiger partial charge in [-0.15, -0.1) is 0 Å². The molecule has 1 aliphatic carbocycles. The maximum absolute atomic E-state index is 14.2. The van der Waals surface area contributed by atoms with Crippen molar-refractivity contribution in [3.05, 3.63) is 112 Å². The van der Waals surface area contributed by atoms with E-state index in [2.05, 4.69) is 36.2 Å². The normalized spacial score (nSPS) is 20.0. The number of nitrogens with zero attached hydrogens (tertiary/aromatic N) is 5. The summed E-state index contributed by atoms with van der Waals surface area (Å²) in [5.74, 6) is 0.660. The molecular formula is C37H33ClFN7O4. The Balaban J connectivity index is 0.952. The Hall–Kier alpha value is -5.17. The van der Waals surface area contributed by atoms with E-state index in [4.69, 9.17) is 26.1 Å². The number of aliphatic imine (C=N–C) groups is 1. The lowest BCUT2D eigenvalue weighted by atomic mass is 10.0. The fourth-order valence-corrected chi connectivity index (χ4v) is 6.57. The van der Waals surface area contributed by atoms with Gasteiger partial charge in [-0.3, -0.25) is 9.69 Å². The van der Waals surface area contributed by atoms with Crippen LogP contribution in [0.2, 0.25) is 5.02 Å². The lowest BCUT2D eigenvalue weighted by Gasteiger charge is -2.29. The Bertz CT molecular complexity index is 2140. The molecule has 2 aromatic heterocycles. The van der Waals surface area contributed by atoms with E-state index in [1.807, 2.05) is 30.3 Å². The van der Waals surface area contributed by atoms with Crippen LogP contribution in [0.25, 0.3) is 16.6 Å². The number of hydrogen-bond acceptors (Lipinski definition) is 7. The van der Waals surface area contributed by atoms with Gasteiger partial charge in [0.05, 0.1) is 47.7 Å². The molecule has 4 aromatic rings. The average Bonchev–Trinajstić information content (AvgIpc) is 3.64. The van der Waals surface area contributed by atoms with Crippen molar-refractivity contribution >= 4 is 51.5 Å². The van der Waals surface area contributed by atoms with Crippen molar-refractivity contribution in [2.45, 2.75) is 44.7 Å². The van der Waals surface area contributed by atoms with E-state index in [-0.39, 0.29) is 24.7 Å². The molecule has 0 radical (unpaired) electrons. The molecule has 11 nitrogen and oxygen atoms in total. The third-order valence-electron chi connectivity index (χ3n) is 9.23. The third kappa shape index (κ3) is 6.82. The van der Waals surface area contributed by atoms with Crippen LogP contribution >= 0.6 is 11.6 Å². The van der Waals surface area contributed by atoms with Crippen LogP contribution in [0.15, 0.2) is 89.5 Å². The number of nitrogens with one attached hydrogen (secondary N) is 2. The Morgan fingerprint density at radius 1 is 1.16 bits per heavy atom. The number of amides is 3. The van der Waals surface area contributed by atoms with Gasteiger partial charge in [0.1, 0.15) is 18.2 Å². The highest BCUT2D eigenvalue weighted by atomic mass is 35.5. The highest BCUT2D eigenvalue weighted by Crippen LogP contribution is 2.28. The van der Waals surface area contributed by atoms with Gasteiger partial charge in [0.25, 0.3) is 5.91 Å². The van der Waals surface area contributed by atoms with Gasteiger partial charge in [0.2, 0.25) is 5.88 Å². The van der Waals surface area contributed by atoms with E-state index in [9.17, 15) is 14.0 Å². The van der Waals surface area contributed by atoms with Crippen molar-refractivity contribution in [1.29, 1.82) is 0 Å². The summed E-state index contributed by atoms with van der Waals surface area (Å²) in [4.78, 5) is 40.7. The molecule has 4 aliphatic rings. The Morgan fingerprint density at radius 3 is 2.86 bits per heavy atom. The molecule has 3 amide bonds. The van der Waals surface area contributed by atoms with Crippen LogP contribution in [-0.2, 0) is 29.2 Å². The quantitative estimate of drug-likeness (QED) is 0.214. The number of rotatable bonds is 10. The fraction of sp³-hybridized carbons (Fsp3) is 0.270. The number of benzene rings is 2. The number of halogens is 2. The first kappa shape index (κ1) is 32.1. The first-order chi connectivity index (χ1) is 24.3. The van der Waals surface area contributed by atoms with E-state index in [1.165, 1.54) is 6.07 Å². The number of pyridine rings is 1. The van der Waals surface area contributed by atoms with Gasteiger partial charge in [0, 0.05) is 47.6 Å². The number of anilines is 1. The summed E-state index contributed by atoms with van der Waals surface area (Å²) in [5.41, 5.74) is 5.71. The zero-order valence-corrected chi connectivity index (χ0v) is 27.7. The predicted molar refractivity (Wildman–Crippen MR) is 188 cm³/mol. The second kappa shape index (κ2) is 13.6. The van der Waals surface area contributed by atoms with Crippen LogP contribution in [0.5, 0.6) is 5.88 Å². The van der Waals surface area contributed by atoms with E-state index >= 15 is 0 Å². The summed E-state index contributed by atoms with van der Waals surface area (Å²) in [6.45, 7) is 3.70. The van der Waals surface area contributed by atoms with Crippen LogP contribution in [0.3, 0.4) is 0 Å². The molecule has 5 heterocycles. The van der Waals surface area contributed by atoms with Crippen LogP contribution < -0.4 is 15.4 Å². The monoisotopic (exact) mass is 693 g/mol. The molecule has 1 unspecified atom stereocenters. The van der Waals surface area contributed by atoms with Gasteiger partial charge in [-0.25, -0.2) is 19.2 Å². The summed E-state index contributed by atoms with van der Waals surface area (Å²) in [6.07, 6.45) is 9.21. The molecule has 8 rings (SSSR count). The van der Waals surface area contributed by atoms with Crippen LogP contribution in [0, 0.1) is 5.82 Å². The van der Waals surface area contributed by atoms with Gasteiger partial charge in [0.15, 0.2) is 0 Å². The molecule has 3 aliphatic heterocycles. The van der Waals surface area contributed by atoms with Crippen molar-refractivity contribution in [2.24, 2.45) is 4.99 Å². The average molecular weight is 694 g/mol. The highest BCUT2D eigenvalue weighted by Gasteiger charge is 2.27. The van der Waals surface area contributed by atoms with E-state index in [1.54, 1.807) is 36.4 Å². The molecule has 0 spiro atoms. The van der Waals surface area contributed by atoms with E-state index in [0.717, 1.165) is 60.7 Å². The number of aromatic nitrogens is 3. The summed E-state index contributed by atoms with van der Waals surface area (Å²) in [7, 11) is 0. The van der Waals surface area contributed by atoms with Crippen molar-refractivity contribution in [3.63, 3.8) is 0 Å². The van der Waals surface area contributed by atoms with Crippen LogP contribution in [-0.4, -0.2) is 68.9 Å². The maximum atomic E-state index is 14.2. The topological polar surface area (TPSA) is 123 Å². The minimum atomic E-state index is -0.411. The van der Waals surface area contributed by atoms with Crippen molar-refractivity contribution in [2.75, 3.05) is 25.0 Å². The first-order valence-electron chi connectivity index (χ1n) is 16.5. The number of hydrogen-bond donors (Lipinski definition) is 2. The minimum Gasteiger partial charge on any atom is -0.473 e. The number of carbonyl (C=O) groups is 2. The first-order valence-corrected chi connectivity index (χ1v) is 16.9. The van der Waals surface area contributed by atoms with Gasteiger partial charge in [-0.2, -0.15) is 4.99 Å². The molecule has 0 saturated carbocycles. The molecule has 254 valence electrons. The lowest BCUT2D eigenvalue weighted by Crippen LogP contribution is -2.33. The Morgan fingerprint density at radius 2 is 2.06 bits per heavy atom. The highest BCUT2D eigenvalue weighted by molar-refractivity contribution is 6.30. The largest absolute Gasteiger partial charge is 0.473 e. The van der Waals surface area contributed by atoms with Crippen molar-refractivity contribution < 1.29 is 23.5 Å². The predicted octanol–water partition coefficient (Wildman–Crippen LogP) is 5.85. The summed E-state index contributed by atoms with van der Waals surface area (Å²) in [6, 6.07) is 15.2. The molecule has 50 heavy (non-hydrogen) atoms.